The van der Waals surface area contributed by atoms with E-state index in [9.17, 15) is 0 Å². The van der Waals surface area contributed by atoms with Crippen LogP contribution in [-0.4, -0.2) is 14.7 Å². The van der Waals surface area contributed by atoms with Crippen molar-refractivity contribution in [3.05, 3.63) is 59.2 Å². The van der Waals surface area contributed by atoms with Crippen LogP contribution < -0.4 is 5.32 Å². The molecule has 1 N–H and O–H groups in total. The molecule has 0 saturated heterocycles. The Morgan fingerprint density at radius 1 is 1.14 bits per heavy atom. The van der Waals surface area contributed by atoms with E-state index >= 15 is 0 Å². The molecule has 108 valence electrons. The van der Waals surface area contributed by atoms with Crippen LogP contribution >= 0.6 is 0 Å². The number of aromatic nitrogens is 3. The molecule has 0 bridgehead atoms. The molecular formula is C16H18N4O. The number of hydrogen-bond acceptors (Lipinski definition) is 4. The highest BCUT2D eigenvalue weighted by Gasteiger charge is 2.13. The minimum atomic E-state index is 0.692. The molecule has 2 aromatic heterocycles. The number of aryl methyl sites for hydroxylation is 3. The Morgan fingerprint density at radius 2 is 1.90 bits per heavy atom. The third-order valence-electron chi connectivity index (χ3n) is 3.44. The molecule has 0 amide bonds. The predicted octanol–water partition coefficient (Wildman–Crippen LogP) is 3.59. The Morgan fingerprint density at radius 3 is 2.57 bits per heavy atom. The topological polar surface area (TPSA) is 55.9 Å². The van der Waals surface area contributed by atoms with E-state index in [1.54, 1.807) is 0 Å². The summed E-state index contributed by atoms with van der Waals surface area (Å²) in [4.78, 5) is 4.55. The van der Waals surface area contributed by atoms with Crippen LogP contribution in [0.25, 0.3) is 0 Å². The molecular weight excluding hydrogens is 264 g/mol. The van der Waals surface area contributed by atoms with Gasteiger partial charge in [-0.3, -0.25) is 0 Å². The minimum absolute atomic E-state index is 0.692. The summed E-state index contributed by atoms with van der Waals surface area (Å²) in [5.74, 6) is 1.67. The molecule has 2 heterocycles. The number of nitrogens with zero attached hydrogens (tertiary/aromatic N) is 3. The van der Waals surface area contributed by atoms with Crippen molar-refractivity contribution in [2.24, 2.45) is 0 Å². The number of imidazole rings is 1. The maximum Gasteiger partial charge on any atom is 0.207 e. The lowest BCUT2D eigenvalue weighted by atomic mass is 10.2. The van der Waals surface area contributed by atoms with Crippen molar-refractivity contribution in [3.8, 4) is 0 Å². The zero-order valence-electron chi connectivity index (χ0n) is 12.4. The maximum absolute atomic E-state index is 5.23. The molecule has 0 aliphatic heterocycles. The van der Waals surface area contributed by atoms with Crippen molar-refractivity contribution in [1.82, 2.24) is 14.7 Å². The fraction of sp³-hybridized carbons (Fsp3) is 0.250. The number of hydrogen-bond donors (Lipinski definition) is 1. The highest BCUT2D eigenvalue weighted by atomic mass is 16.5. The maximum atomic E-state index is 5.23. The van der Waals surface area contributed by atoms with Gasteiger partial charge in [-0.05, 0) is 32.9 Å². The van der Waals surface area contributed by atoms with Gasteiger partial charge in [-0.15, -0.1) is 0 Å². The van der Waals surface area contributed by atoms with Crippen molar-refractivity contribution in [2.45, 2.75) is 27.3 Å². The van der Waals surface area contributed by atoms with E-state index < -0.39 is 0 Å². The lowest BCUT2D eigenvalue weighted by Crippen LogP contribution is -2.05. The van der Waals surface area contributed by atoms with Gasteiger partial charge < -0.3 is 14.4 Å². The van der Waals surface area contributed by atoms with Gasteiger partial charge in [0.05, 0.1) is 17.9 Å². The van der Waals surface area contributed by atoms with E-state index in [1.807, 2.05) is 57.3 Å². The molecule has 0 aliphatic rings. The number of nitrogens with one attached hydrogen (secondary N) is 1. The van der Waals surface area contributed by atoms with Gasteiger partial charge in [0.1, 0.15) is 5.76 Å². The molecule has 3 rings (SSSR count). The second-order valence-corrected chi connectivity index (χ2v) is 5.13. The number of anilines is 2. The summed E-state index contributed by atoms with van der Waals surface area (Å²) in [6, 6.07) is 10.0. The molecule has 0 unspecified atom stereocenters. The quantitative estimate of drug-likeness (QED) is 0.794. The molecule has 21 heavy (non-hydrogen) atoms. The number of benzene rings is 1. The van der Waals surface area contributed by atoms with E-state index in [2.05, 4.69) is 20.0 Å². The fourth-order valence-corrected chi connectivity index (χ4v) is 2.32. The Bertz CT molecular complexity index is 723. The monoisotopic (exact) mass is 282 g/mol. The fourth-order valence-electron chi connectivity index (χ4n) is 2.32. The lowest BCUT2D eigenvalue weighted by Gasteiger charge is -2.09. The minimum Gasteiger partial charge on any atom is -0.361 e. The van der Waals surface area contributed by atoms with Crippen molar-refractivity contribution in [1.29, 1.82) is 0 Å². The van der Waals surface area contributed by atoms with Crippen LogP contribution in [0.5, 0.6) is 0 Å². The Labute approximate surface area is 123 Å². The Balaban J connectivity index is 1.89. The normalized spacial score (nSPS) is 10.8. The first-order valence-electron chi connectivity index (χ1n) is 6.91. The van der Waals surface area contributed by atoms with Crippen molar-refractivity contribution in [3.63, 3.8) is 0 Å². The largest absolute Gasteiger partial charge is 0.361 e. The highest BCUT2D eigenvalue weighted by Crippen LogP contribution is 2.20. The summed E-state index contributed by atoms with van der Waals surface area (Å²) in [6.07, 6.45) is 2.02. The van der Waals surface area contributed by atoms with Gasteiger partial charge in [0.15, 0.2) is 0 Å². The van der Waals surface area contributed by atoms with E-state index in [4.69, 9.17) is 4.52 Å². The smallest absolute Gasteiger partial charge is 0.207 e. The van der Waals surface area contributed by atoms with Gasteiger partial charge in [-0.2, -0.15) is 0 Å². The van der Waals surface area contributed by atoms with Gasteiger partial charge in [0.25, 0.3) is 0 Å². The summed E-state index contributed by atoms with van der Waals surface area (Å²) in [7, 11) is 0. The van der Waals surface area contributed by atoms with Crippen LogP contribution in [0.3, 0.4) is 0 Å². The molecule has 0 spiro atoms. The first kappa shape index (κ1) is 13.4. The molecule has 0 aliphatic carbocycles. The second-order valence-electron chi connectivity index (χ2n) is 5.13. The standard InChI is InChI=1S/C16H18N4O/c1-11-9-20(10-15-12(2)19-21-13(15)3)16(17-11)18-14-7-5-4-6-8-14/h4-9H,10H2,1-3H3,(H,17,18). The van der Waals surface area contributed by atoms with Gasteiger partial charge in [-0.25, -0.2) is 4.98 Å². The molecule has 5 heteroatoms. The molecule has 1 aromatic carbocycles. The Kier molecular flexibility index (Phi) is 3.48. The van der Waals surface area contributed by atoms with E-state index in [-0.39, 0.29) is 0 Å². The summed E-state index contributed by atoms with van der Waals surface area (Å²) < 4.78 is 7.31. The van der Waals surface area contributed by atoms with Crippen LogP contribution in [-0.2, 0) is 6.54 Å². The van der Waals surface area contributed by atoms with Crippen molar-refractivity contribution < 1.29 is 4.52 Å². The first-order valence-corrected chi connectivity index (χ1v) is 6.91. The number of rotatable bonds is 4. The van der Waals surface area contributed by atoms with Gasteiger partial charge in [0, 0.05) is 17.4 Å². The van der Waals surface area contributed by atoms with Crippen LogP contribution in [0.2, 0.25) is 0 Å². The van der Waals surface area contributed by atoms with Crippen LogP contribution in [0, 0.1) is 20.8 Å². The van der Waals surface area contributed by atoms with Crippen LogP contribution in [0.4, 0.5) is 11.6 Å². The van der Waals surface area contributed by atoms with Gasteiger partial charge >= 0.3 is 0 Å². The lowest BCUT2D eigenvalue weighted by molar-refractivity contribution is 0.392. The summed E-state index contributed by atoms with van der Waals surface area (Å²) in [6.45, 7) is 6.57. The SMILES string of the molecule is Cc1cn(Cc2c(C)noc2C)c(Nc2ccccc2)n1. The molecule has 5 nitrogen and oxygen atoms in total. The summed E-state index contributed by atoms with van der Waals surface area (Å²) in [5, 5.41) is 7.35. The van der Waals surface area contributed by atoms with E-state index in [0.717, 1.165) is 34.3 Å². The van der Waals surface area contributed by atoms with E-state index in [0.29, 0.717) is 6.54 Å². The molecule has 0 saturated carbocycles. The average molecular weight is 282 g/mol. The van der Waals surface area contributed by atoms with Crippen LogP contribution in [0.1, 0.15) is 22.7 Å². The zero-order chi connectivity index (χ0) is 14.8. The zero-order valence-corrected chi connectivity index (χ0v) is 12.4. The number of para-hydroxylation sites is 1. The molecule has 0 fully saturated rings. The predicted molar refractivity (Wildman–Crippen MR) is 81.8 cm³/mol. The molecule has 3 aromatic rings. The average Bonchev–Trinajstić information content (AvgIpc) is 2.97. The Hall–Kier alpha value is -2.56. The van der Waals surface area contributed by atoms with Crippen molar-refractivity contribution in [2.75, 3.05) is 5.32 Å². The van der Waals surface area contributed by atoms with Gasteiger partial charge in [-0.1, -0.05) is 23.4 Å². The highest BCUT2D eigenvalue weighted by molar-refractivity contribution is 5.53. The third-order valence-corrected chi connectivity index (χ3v) is 3.44. The third kappa shape index (κ3) is 2.81. The molecule has 0 atom stereocenters. The first-order chi connectivity index (χ1) is 10.1. The molecule has 0 radical (unpaired) electrons. The second kappa shape index (κ2) is 5.44. The van der Waals surface area contributed by atoms with Crippen molar-refractivity contribution >= 4 is 11.6 Å². The van der Waals surface area contributed by atoms with E-state index in [1.165, 1.54) is 0 Å². The summed E-state index contributed by atoms with van der Waals surface area (Å²) >= 11 is 0. The summed E-state index contributed by atoms with van der Waals surface area (Å²) in [5.41, 5.74) is 4.01. The van der Waals surface area contributed by atoms with Gasteiger partial charge in [0.2, 0.25) is 5.95 Å². The van der Waals surface area contributed by atoms with Crippen LogP contribution in [0.15, 0.2) is 41.1 Å².